The van der Waals surface area contributed by atoms with Crippen molar-refractivity contribution in [1.29, 1.82) is 0 Å². The smallest absolute Gasteiger partial charge is 0.251 e. The Balaban J connectivity index is 1.24. The number of hydrogen-bond acceptors (Lipinski definition) is 6. The Labute approximate surface area is 210 Å². The van der Waals surface area contributed by atoms with Crippen LogP contribution in [0.4, 0.5) is 5.13 Å². The van der Waals surface area contributed by atoms with Crippen molar-refractivity contribution in [2.75, 3.05) is 38.2 Å². The van der Waals surface area contributed by atoms with E-state index in [-0.39, 0.29) is 11.8 Å². The van der Waals surface area contributed by atoms with Crippen LogP contribution in [0, 0.1) is 0 Å². The molecule has 1 saturated heterocycles. The summed E-state index contributed by atoms with van der Waals surface area (Å²) in [6, 6.07) is 19.3. The van der Waals surface area contributed by atoms with Crippen molar-refractivity contribution in [2.45, 2.75) is 32.2 Å². The number of nitrogens with one attached hydrogen (secondary N) is 2. The molecule has 2 amide bonds. The van der Waals surface area contributed by atoms with Gasteiger partial charge in [0.05, 0.1) is 18.9 Å². The van der Waals surface area contributed by atoms with E-state index in [1.54, 1.807) is 23.5 Å². The number of carbonyl (C=O) groups is 2. The van der Waals surface area contributed by atoms with Crippen LogP contribution in [0.5, 0.6) is 0 Å². The maximum absolute atomic E-state index is 12.5. The quantitative estimate of drug-likeness (QED) is 0.383. The van der Waals surface area contributed by atoms with Crippen LogP contribution in [0.3, 0.4) is 0 Å². The number of hydrogen-bond donors (Lipinski definition) is 2. The molecule has 0 aliphatic carbocycles. The highest BCUT2D eigenvalue weighted by Gasteiger charge is 2.19. The molecule has 1 aromatic heterocycles. The summed E-state index contributed by atoms with van der Waals surface area (Å²) in [5, 5.41) is 6.57. The first kappa shape index (κ1) is 25.0. The molecule has 2 N–H and O–H groups in total. The molecule has 3 aromatic rings. The van der Waals surface area contributed by atoms with Gasteiger partial charge in [-0.2, -0.15) is 0 Å². The molecule has 4 rings (SSSR count). The van der Waals surface area contributed by atoms with E-state index in [9.17, 15) is 9.59 Å². The van der Waals surface area contributed by atoms with Gasteiger partial charge in [0.15, 0.2) is 5.13 Å². The summed E-state index contributed by atoms with van der Waals surface area (Å²) >= 11 is 1.55. The van der Waals surface area contributed by atoms with E-state index in [1.807, 2.05) is 36.4 Å². The number of unbranched alkanes of at least 4 members (excludes halogenated alkanes) is 2. The first-order valence-electron chi connectivity index (χ1n) is 12.2. The maximum atomic E-state index is 12.5. The predicted octanol–water partition coefficient (Wildman–Crippen LogP) is 4.57. The lowest BCUT2D eigenvalue weighted by atomic mass is 10.1. The van der Waals surface area contributed by atoms with Crippen molar-refractivity contribution in [3.8, 4) is 11.3 Å². The van der Waals surface area contributed by atoms with Crippen molar-refractivity contribution in [3.05, 3.63) is 71.1 Å². The van der Waals surface area contributed by atoms with Crippen LogP contribution in [0.1, 0.15) is 40.9 Å². The molecule has 8 heteroatoms. The highest BCUT2D eigenvalue weighted by atomic mass is 32.1. The van der Waals surface area contributed by atoms with Crippen LogP contribution >= 0.6 is 11.3 Å². The largest absolute Gasteiger partial charge is 0.379 e. The van der Waals surface area contributed by atoms with Gasteiger partial charge in [0.2, 0.25) is 5.91 Å². The van der Waals surface area contributed by atoms with E-state index in [4.69, 9.17) is 9.72 Å². The molecule has 7 nitrogen and oxygen atoms in total. The first-order valence-corrected chi connectivity index (χ1v) is 13.0. The minimum absolute atomic E-state index is 0.0235. The number of benzene rings is 2. The molecule has 35 heavy (non-hydrogen) atoms. The molecular formula is C27H32N4O3S. The van der Waals surface area contributed by atoms with Gasteiger partial charge in [0.1, 0.15) is 0 Å². The van der Waals surface area contributed by atoms with Crippen molar-refractivity contribution in [3.63, 3.8) is 0 Å². The van der Waals surface area contributed by atoms with Crippen molar-refractivity contribution >= 4 is 28.3 Å². The number of morpholine rings is 1. The third-order valence-electron chi connectivity index (χ3n) is 5.86. The van der Waals surface area contributed by atoms with Gasteiger partial charge >= 0.3 is 0 Å². The van der Waals surface area contributed by atoms with E-state index in [2.05, 4.69) is 27.7 Å². The van der Waals surface area contributed by atoms with Crippen molar-refractivity contribution < 1.29 is 14.3 Å². The molecule has 0 saturated carbocycles. The number of anilines is 1. The third-order valence-corrected chi connectivity index (χ3v) is 6.82. The third kappa shape index (κ3) is 7.71. The Morgan fingerprint density at radius 3 is 2.40 bits per heavy atom. The number of rotatable bonds is 11. The fourth-order valence-corrected chi connectivity index (χ4v) is 5.00. The van der Waals surface area contributed by atoms with Gasteiger partial charge in [-0.05, 0) is 25.0 Å². The molecule has 0 spiro atoms. The standard InChI is InChI=1S/C27H32N4O3S/c32-24(14-8-3-9-15-28-26(33)22-12-6-2-7-13-22)29-27-30-25(21-10-4-1-5-11-21)23(35-27)20-31-16-18-34-19-17-31/h1-2,4-7,10-13H,3,8-9,14-20H2,(H,28,33)(H,29,30,32). The highest BCUT2D eigenvalue weighted by Crippen LogP contribution is 2.32. The van der Waals surface area contributed by atoms with Crippen LogP contribution in [0.25, 0.3) is 11.3 Å². The summed E-state index contributed by atoms with van der Waals surface area (Å²) in [6.45, 7) is 4.71. The zero-order valence-electron chi connectivity index (χ0n) is 19.9. The average molecular weight is 493 g/mol. The van der Waals surface area contributed by atoms with Crippen LogP contribution in [0.2, 0.25) is 0 Å². The zero-order valence-corrected chi connectivity index (χ0v) is 20.7. The lowest BCUT2D eigenvalue weighted by Crippen LogP contribution is -2.35. The molecule has 0 unspecified atom stereocenters. The molecule has 1 aliphatic heterocycles. The molecule has 0 radical (unpaired) electrons. The van der Waals surface area contributed by atoms with Gasteiger partial charge in [-0.25, -0.2) is 4.98 Å². The van der Waals surface area contributed by atoms with E-state index in [0.717, 1.165) is 68.2 Å². The van der Waals surface area contributed by atoms with Crippen LogP contribution < -0.4 is 10.6 Å². The molecule has 2 heterocycles. The van der Waals surface area contributed by atoms with E-state index in [1.165, 1.54) is 0 Å². The van der Waals surface area contributed by atoms with Crippen molar-refractivity contribution in [2.24, 2.45) is 0 Å². The zero-order chi connectivity index (χ0) is 24.3. The van der Waals surface area contributed by atoms with E-state index >= 15 is 0 Å². The van der Waals surface area contributed by atoms with Crippen LogP contribution in [-0.2, 0) is 16.1 Å². The van der Waals surface area contributed by atoms with Crippen LogP contribution in [0.15, 0.2) is 60.7 Å². The van der Waals surface area contributed by atoms with Gasteiger partial charge in [-0.1, -0.05) is 66.3 Å². The first-order chi connectivity index (χ1) is 17.2. The number of thiazole rings is 1. The molecule has 1 aliphatic rings. The molecule has 0 atom stereocenters. The number of nitrogens with zero attached hydrogens (tertiary/aromatic N) is 2. The second-order valence-corrected chi connectivity index (χ2v) is 9.61. The minimum atomic E-state index is -0.0609. The Bertz CT molecular complexity index is 1080. The lowest BCUT2D eigenvalue weighted by molar-refractivity contribution is -0.116. The van der Waals surface area contributed by atoms with Gasteiger partial charge in [-0.15, -0.1) is 0 Å². The average Bonchev–Trinajstić information content (AvgIpc) is 3.29. The van der Waals surface area contributed by atoms with Gasteiger partial charge in [-0.3, -0.25) is 14.5 Å². The maximum Gasteiger partial charge on any atom is 0.251 e. The Kier molecular flexibility index (Phi) is 9.39. The molecule has 0 bridgehead atoms. The topological polar surface area (TPSA) is 83.6 Å². The van der Waals surface area contributed by atoms with Crippen LogP contribution in [-0.4, -0.2) is 54.5 Å². The Morgan fingerprint density at radius 1 is 0.943 bits per heavy atom. The predicted molar refractivity (Wildman–Crippen MR) is 140 cm³/mol. The van der Waals surface area contributed by atoms with E-state index < -0.39 is 0 Å². The monoisotopic (exact) mass is 492 g/mol. The fraction of sp³-hybridized carbons (Fsp3) is 0.370. The van der Waals surface area contributed by atoms with E-state index in [0.29, 0.717) is 23.7 Å². The second-order valence-electron chi connectivity index (χ2n) is 8.53. The van der Waals surface area contributed by atoms with Gasteiger partial charge < -0.3 is 15.4 Å². The normalized spacial score (nSPS) is 13.9. The summed E-state index contributed by atoms with van der Waals surface area (Å²) in [7, 11) is 0. The Morgan fingerprint density at radius 2 is 1.66 bits per heavy atom. The molecule has 184 valence electrons. The summed E-state index contributed by atoms with van der Waals surface area (Å²) in [5.74, 6) is -0.0844. The molecular weight excluding hydrogens is 460 g/mol. The Hall–Kier alpha value is -3.07. The summed E-state index contributed by atoms with van der Waals surface area (Å²) in [4.78, 5) is 32.9. The molecule has 1 fully saturated rings. The lowest BCUT2D eigenvalue weighted by Gasteiger charge is -2.26. The number of aromatic nitrogens is 1. The summed E-state index contributed by atoms with van der Waals surface area (Å²) in [6.07, 6.45) is 2.92. The molecule has 2 aromatic carbocycles. The fourth-order valence-electron chi connectivity index (χ4n) is 3.96. The minimum Gasteiger partial charge on any atom is -0.379 e. The SMILES string of the molecule is O=C(CCCCCNC(=O)c1ccccc1)Nc1nc(-c2ccccc2)c(CN2CCOCC2)s1. The summed E-state index contributed by atoms with van der Waals surface area (Å²) in [5.41, 5.74) is 2.66. The second kappa shape index (κ2) is 13.1. The number of amides is 2. The number of carbonyl (C=O) groups excluding carboxylic acids is 2. The van der Waals surface area contributed by atoms with Crippen molar-refractivity contribution in [1.82, 2.24) is 15.2 Å². The van der Waals surface area contributed by atoms with Gasteiger partial charge in [0.25, 0.3) is 5.91 Å². The highest BCUT2D eigenvalue weighted by molar-refractivity contribution is 7.16. The summed E-state index contributed by atoms with van der Waals surface area (Å²) < 4.78 is 5.47. The van der Waals surface area contributed by atoms with Gasteiger partial charge in [0, 0.05) is 48.6 Å². The number of ether oxygens (including phenoxy) is 1.